The Morgan fingerprint density at radius 1 is 1.53 bits per heavy atom. The Morgan fingerprint density at radius 3 is 2.68 bits per heavy atom. The lowest BCUT2D eigenvalue weighted by molar-refractivity contribution is -0.127. The molecule has 1 fully saturated rings. The lowest BCUT2D eigenvalue weighted by atomic mass is 9.73. The Morgan fingerprint density at radius 2 is 2.16 bits per heavy atom. The van der Waals surface area contributed by atoms with E-state index in [9.17, 15) is 9.90 Å². The minimum absolute atomic E-state index is 0. The Bertz CT molecular complexity index is 297. The summed E-state index contributed by atoms with van der Waals surface area (Å²) in [6.07, 6.45) is 5.25. The third-order valence-corrected chi connectivity index (χ3v) is 4.22. The van der Waals surface area contributed by atoms with Crippen LogP contribution in [0.2, 0.25) is 0 Å². The topological polar surface area (TPSA) is 75.4 Å². The SMILES string of the molecule is CCCC(C)(N)C(=O)NCC1(C)CCCCC1O.Cl. The monoisotopic (exact) mass is 292 g/mol. The molecule has 4 nitrogen and oxygen atoms in total. The molecule has 0 spiro atoms. The molecule has 1 amide bonds. The number of rotatable bonds is 5. The molecule has 1 aliphatic rings. The fraction of sp³-hybridized carbons (Fsp3) is 0.929. The first-order valence-corrected chi connectivity index (χ1v) is 7.07. The van der Waals surface area contributed by atoms with Gasteiger partial charge < -0.3 is 16.2 Å². The summed E-state index contributed by atoms with van der Waals surface area (Å²) in [5.74, 6) is -0.108. The second-order valence-electron chi connectivity index (χ2n) is 6.27. The minimum Gasteiger partial charge on any atom is -0.392 e. The van der Waals surface area contributed by atoms with Gasteiger partial charge in [0.25, 0.3) is 0 Å². The van der Waals surface area contributed by atoms with Crippen LogP contribution in [0.25, 0.3) is 0 Å². The summed E-state index contributed by atoms with van der Waals surface area (Å²) < 4.78 is 0. The first-order chi connectivity index (χ1) is 8.32. The van der Waals surface area contributed by atoms with Gasteiger partial charge in [0, 0.05) is 12.0 Å². The Hall–Kier alpha value is -0.320. The van der Waals surface area contributed by atoms with E-state index in [0.717, 1.165) is 32.1 Å². The van der Waals surface area contributed by atoms with Gasteiger partial charge in [-0.1, -0.05) is 33.1 Å². The number of carbonyl (C=O) groups excluding carboxylic acids is 1. The molecule has 3 unspecified atom stereocenters. The van der Waals surface area contributed by atoms with Crippen LogP contribution in [-0.4, -0.2) is 29.2 Å². The number of aliphatic hydroxyl groups is 1. The number of aliphatic hydroxyl groups excluding tert-OH is 1. The first kappa shape index (κ1) is 18.7. The van der Waals surface area contributed by atoms with Crippen molar-refractivity contribution in [3.8, 4) is 0 Å². The van der Waals surface area contributed by atoms with Gasteiger partial charge in [0.2, 0.25) is 5.91 Å². The first-order valence-electron chi connectivity index (χ1n) is 7.07. The molecule has 114 valence electrons. The predicted octanol–water partition coefficient (Wildman–Crippen LogP) is 1.98. The average Bonchev–Trinajstić information content (AvgIpc) is 2.30. The number of nitrogens with one attached hydrogen (secondary N) is 1. The summed E-state index contributed by atoms with van der Waals surface area (Å²) in [6.45, 7) is 6.35. The molecule has 0 aliphatic heterocycles. The molecule has 0 aromatic heterocycles. The molecule has 0 aromatic rings. The fourth-order valence-electron chi connectivity index (χ4n) is 2.70. The normalized spacial score (nSPS) is 30.1. The second-order valence-corrected chi connectivity index (χ2v) is 6.27. The molecule has 0 bridgehead atoms. The summed E-state index contributed by atoms with van der Waals surface area (Å²) in [6, 6.07) is 0. The van der Waals surface area contributed by atoms with Crippen LogP contribution < -0.4 is 11.1 Å². The molecular formula is C14H29ClN2O2. The van der Waals surface area contributed by atoms with E-state index in [2.05, 4.69) is 5.32 Å². The molecule has 4 N–H and O–H groups in total. The third kappa shape index (κ3) is 4.93. The number of carbonyl (C=O) groups is 1. The van der Waals surface area contributed by atoms with Gasteiger partial charge in [-0.05, 0) is 26.2 Å². The number of hydrogen-bond acceptors (Lipinski definition) is 3. The van der Waals surface area contributed by atoms with Crippen molar-refractivity contribution >= 4 is 18.3 Å². The summed E-state index contributed by atoms with van der Waals surface area (Å²) in [5, 5.41) is 13.0. The van der Waals surface area contributed by atoms with Crippen molar-refractivity contribution < 1.29 is 9.90 Å². The standard InChI is InChI=1S/C14H28N2O2.ClH/c1-4-8-14(3,15)12(18)16-10-13(2)9-6-5-7-11(13)17;/h11,17H,4-10,15H2,1-3H3,(H,16,18);1H. The van der Waals surface area contributed by atoms with Gasteiger partial charge in [-0.3, -0.25) is 4.79 Å². The van der Waals surface area contributed by atoms with Crippen LogP contribution >= 0.6 is 12.4 Å². The zero-order valence-corrected chi connectivity index (χ0v) is 13.2. The highest BCUT2D eigenvalue weighted by Gasteiger charge is 2.37. The third-order valence-electron chi connectivity index (χ3n) is 4.22. The van der Waals surface area contributed by atoms with Crippen LogP contribution in [0.3, 0.4) is 0 Å². The maximum absolute atomic E-state index is 12.0. The molecule has 3 atom stereocenters. The fourth-order valence-corrected chi connectivity index (χ4v) is 2.70. The second kappa shape index (κ2) is 7.46. The zero-order chi connectivity index (χ0) is 13.8. The van der Waals surface area contributed by atoms with Crippen molar-refractivity contribution in [3.63, 3.8) is 0 Å². The summed E-state index contributed by atoms with van der Waals surface area (Å²) in [4.78, 5) is 12.0. The Labute approximate surface area is 122 Å². The van der Waals surface area contributed by atoms with Crippen LogP contribution in [0.1, 0.15) is 59.3 Å². The van der Waals surface area contributed by atoms with Crippen molar-refractivity contribution in [2.24, 2.45) is 11.1 Å². The van der Waals surface area contributed by atoms with E-state index in [1.165, 1.54) is 0 Å². The van der Waals surface area contributed by atoms with Crippen LogP contribution in [0.15, 0.2) is 0 Å². The van der Waals surface area contributed by atoms with Crippen LogP contribution in [0.5, 0.6) is 0 Å². The van der Waals surface area contributed by atoms with E-state index >= 15 is 0 Å². The van der Waals surface area contributed by atoms with Gasteiger partial charge >= 0.3 is 0 Å². The molecule has 1 aliphatic carbocycles. The highest BCUT2D eigenvalue weighted by Crippen LogP contribution is 2.35. The van der Waals surface area contributed by atoms with E-state index in [1.807, 2.05) is 13.8 Å². The van der Waals surface area contributed by atoms with Gasteiger partial charge in [-0.15, -0.1) is 12.4 Å². The van der Waals surface area contributed by atoms with Crippen molar-refractivity contribution in [1.29, 1.82) is 0 Å². The van der Waals surface area contributed by atoms with Gasteiger partial charge in [-0.2, -0.15) is 0 Å². The molecular weight excluding hydrogens is 264 g/mol. The number of hydrogen-bond donors (Lipinski definition) is 3. The van der Waals surface area contributed by atoms with Gasteiger partial charge in [-0.25, -0.2) is 0 Å². The van der Waals surface area contributed by atoms with E-state index in [4.69, 9.17) is 5.73 Å². The molecule has 0 heterocycles. The van der Waals surface area contributed by atoms with E-state index < -0.39 is 5.54 Å². The van der Waals surface area contributed by atoms with Crippen LogP contribution in [0.4, 0.5) is 0 Å². The average molecular weight is 293 g/mol. The van der Waals surface area contributed by atoms with Crippen molar-refractivity contribution in [1.82, 2.24) is 5.32 Å². The van der Waals surface area contributed by atoms with Crippen molar-refractivity contribution in [2.75, 3.05) is 6.54 Å². The quantitative estimate of drug-likeness (QED) is 0.725. The van der Waals surface area contributed by atoms with Crippen molar-refractivity contribution in [3.05, 3.63) is 0 Å². The van der Waals surface area contributed by atoms with E-state index in [1.54, 1.807) is 6.92 Å². The number of halogens is 1. The Kier molecular flexibility index (Phi) is 7.33. The maximum Gasteiger partial charge on any atom is 0.239 e. The molecule has 5 heteroatoms. The lowest BCUT2D eigenvalue weighted by Gasteiger charge is -2.39. The van der Waals surface area contributed by atoms with Gasteiger partial charge in [0.15, 0.2) is 0 Å². The smallest absolute Gasteiger partial charge is 0.239 e. The van der Waals surface area contributed by atoms with E-state index in [0.29, 0.717) is 13.0 Å². The predicted molar refractivity (Wildman–Crippen MR) is 80.3 cm³/mol. The number of amides is 1. The molecule has 0 saturated heterocycles. The summed E-state index contributed by atoms with van der Waals surface area (Å²) in [5.41, 5.74) is 4.99. The Balaban J connectivity index is 0.00000324. The molecule has 1 rings (SSSR count). The molecule has 1 saturated carbocycles. The molecule has 0 aromatic carbocycles. The molecule has 0 radical (unpaired) electrons. The van der Waals surface area contributed by atoms with Crippen LogP contribution in [-0.2, 0) is 4.79 Å². The maximum atomic E-state index is 12.0. The highest BCUT2D eigenvalue weighted by atomic mass is 35.5. The van der Waals surface area contributed by atoms with Crippen molar-refractivity contribution in [2.45, 2.75) is 70.9 Å². The summed E-state index contributed by atoms with van der Waals surface area (Å²) in [7, 11) is 0. The van der Waals surface area contributed by atoms with Crippen LogP contribution in [0, 0.1) is 5.41 Å². The largest absolute Gasteiger partial charge is 0.392 e. The number of nitrogens with two attached hydrogens (primary N) is 1. The highest BCUT2D eigenvalue weighted by molar-refractivity contribution is 5.85. The molecule has 19 heavy (non-hydrogen) atoms. The summed E-state index contributed by atoms with van der Waals surface area (Å²) >= 11 is 0. The van der Waals surface area contributed by atoms with Gasteiger partial charge in [0.1, 0.15) is 0 Å². The zero-order valence-electron chi connectivity index (χ0n) is 12.4. The minimum atomic E-state index is -0.801. The lowest BCUT2D eigenvalue weighted by Crippen LogP contribution is -2.55. The van der Waals surface area contributed by atoms with Gasteiger partial charge in [0.05, 0.1) is 11.6 Å². The van der Waals surface area contributed by atoms with E-state index in [-0.39, 0.29) is 29.8 Å².